The van der Waals surface area contributed by atoms with Gasteiger partial charge in [0, 0.05) is 5.02 Å². The molecule has 1 atom stereocenters. The van der Waals surface area contributed by atoms with Crippen molar-refractivity contribution in [2.45, 2.75) is 0 Å². The summed E-state index contributed by atoms with van der Waals surface area (Å²) in [5, 5.41) is 1.51. The Morgan fingerprint density at radius 1 is 1.50 bits per heavy atom. The van der Waals surface area contributed by atoms with E-state index in [1.165, 1.54) is 0 Å². The van der Waals surface area contributed by atoms with Crippen LogP contribution in [0.5, 0.6) is 0 Å². The van der Waals surface area contributed by atoms with Crippen molar-refractivity contribution >= 4 is 31.8 Å². The number of rotatable bonds is 0. The van der Waals surface area contributed by atoms with Crippen LogP contribution in [0.3, 0.4) is 0 Å². The molecule has 0 fully saturated rings. The monoisotopic (exact) mass is 169 g/mol. The van der Waals surface area contributed by atoms with Crippen molar-refractivity contribution < 1.29 is 0 Å². The van der Waals surface area contributed by atoms with Crippen LogP contribution >= 0.6 is 20.8 Å². The first kappa shape index (κ1) is 7.54. The Morgan fingerprint density at radius 2 is 2.20 bits per heavy atom. The van der Waals surface area contributed by atoms with E-state index >= 15 is 0 Å². The van der Waals surface area contributed by atoms with E-state index in [0.717, 1.165) is 5.30 Å². The predicted octanol–water partition coefficient (Wildman–Crippen LogP) is 2.39. The lowest BCUT2D eigenvalue weighted by molar-refractivity contribution is 1.77. The standard InChI is InChI=1S/C7H5ClNP/c1-9-7-3-2-5(10)4-6(7)8/h2-4H,10H2. The molecule has 0 aliphatic heterocycles. The molecule has 1 nitrogen and oxygen atoms in total. The van der Waals surface area contributed by atoms with Gasteiger partial charge in [0.15, 0.2) is 0 Å². The Hall–Kier alpha value is -0.570. The summed E-state index contributed by atoms with van der Waals surface area (Å²) in [5.41, 5.74) is 0.507. The first-order valence-corrected chi connectivity index (χ1v) is 3.62. The van der Waals surface area contributed by atoms with Gasteiger partial charge in [-0.15, -0.1) is 9.24 Å². The molecule has 10 heavy (non-hydrogen) atoms. The average molecular weight is 170 g/mol. The fraction of sp³-hybridized carbons (Fsp3) is 0. The molecule has 0 aliphatic carbocycles. The van der Waals surface area contributed by atoms with Crippen LogP contribution < -0.4 is 5.30 Å². The first-order valence-electron chi connectivity index (χ1n) is 2.66. The van der Waals surface area contributed by atoms with Gasteiger partial charge in [0.05, 0.1) is 6.57 Å². The minimum atomic E-state index is 0.507. The smallest absolute Gasteiger partial charge is 0.205 e. The zero-order chi connectivity index (χ0) is 7.56. The van der Waals surface area contributed by atoms with Gasteiger partial charge >= 0.3 is 0 Å². The quantitative estimate of drug-likeness (QED) is 0.415. The highest BCUT2D eigenvalue weighted by Gasteiger charge is 1.96. The molecular formula is C7H5ClNP. The molecule has 1 unspecified atom stereocenters. The number of nitrogens with zero attached hydrogens (tertiary/aromatic N) is 1. The van der Waals surface area contributed by atoms with Gasteiger partial charge in [-0.3, -0.25) is 0 Å². The van der Waals surface area contributed by atoms with Crippen LogP contribution in [-0.2, 0) is 0 Å². The largest absolute Gasteiger partial charge is 0.237 e. The molecule has 3 heteroatoms. The summed E-state index contributed by atoms with van der Waals surface area (Å²) in [6.07, 6.45) is 0. The van der Waals surface area contributed by atoms with Crippen LogP contribution in [0.1, 0.15) is 0 Å². The summed E-state index contributed by atoms with van der Waals surface area (Å²) in [5.74, 6) is 0. The van der Waals surface area contributed by atoms with E-state index in [-0.39, 0.29) is 0 Å². The van der Waals surface area contributed by atoms with Gasteiger partial charge in [-0.1, -0.05) is 23.7 Å². The molecule has 0 N–H and O–H groups in total. The minimum absolute atomic E-state index is 0.507. The maximum Gasteiger partial charge on any atom is 0.205 e. The van der Waals surface area contributed by atoms with Crippen molar-refractivity contribution in [3.63, 3.8) is 0 Å². The van der Waals surface area contributed by atoms with Gasteiger partial charge < -0.3 is 0 Å². The number of hydrogen-bond donors (Lipinski definition) is 0. The fourth-order valence-corrected chi connectivity index (χ4v) is 1.21. The normalized spacial score (nSPS) is 8.90. The molecule has 0 aliphatic rings. The molecule has 0 saturated carbocycles. The molecule has 0 spiro atoms. The maximum absolute atomic E-state index is 6.69. The Morgan fingerprint density at radius 3 is 2.70 bits per heavy atom. The number of hydrogen-bond acceptors (Lipinski definition) is 0. The molecule has 0 radical (unpaired) electrons. The number of halogens is 1. The third kappa shape index (κ3) is 1.48. The molecule has 0 heterocycles. The highest BCUT2D eigenvalue weighted by molar-refractivity contribution is 7.27. The summed E-state index contributed by atoms with van der Waals surface area (Å²) in [7, 11) is 2.52. The highest BCUT2D eigenvalue weighted by Crippen LogP contribution is 2.22. The Bertz CT molecular complexity index is 290. The van der Waals surface area contributed by atoms with E-state index in [9.17, 15) is 0 Å². The minimum Gasteiger partial charge on any atom is -0.237 e. The Balaban J connectivity index is 3.23. The molecule has 50 valence electrons. The molecule has 0 saturated heterocycles. The van der Waals surface area contributed by atoms with E-state index < -0.39 is 0 Å². The van der Waals surface area contributed by atoms with E-state index in [1.54, 1.807) is 12.1 Å². The number of benzene rings is 1. The molecule has 0 aromatic heterocycles. The molecule has 0 amide bonds. The lowest BCUT2D eigenvalue weighted by Gasteiger charge is -1.94. The molecule has 1 aromatic rings. The van der Waals surface area contributed by atoms with Crippen molar-refractivity contribution in [1.82, 2.24) is 0 Å². The van der Waals surface area contributed by atoms with Crippen molar-refractivity contribution in [2.75, 3.05) is 0 Å². The highest BCUT2D eigenvalue weighted by atomic mass is 35.5. The fourth-order valence-electron chi connectivity index (χ4n) is 0.614. The lowest BCUT2D eigenvalue weighted by atomic mass is 10.3. The van der Waals surface area contributed by atoms with Crippen LogP contribution in [0.25, 0.3) is 4.85 Å². The summed E-state index contributed by atoms with van der Waals surface area (Å²) >= 11 is 5.70. The molecule has 0 bridgehead atoms. The van der Waals surface area contributed by atoms with Crippen LogP contribution in [-0.4, -0.2) is 0 Å². The van der Waals surface area contributed by atoms with Gasteiger partial charge in [-0.2, -0.15) is 0 Å². The van der Waals surface area contributed by atoms with Crippen LogP contribution in [0.4, 0.5) is 5.69 Å². The zero-order valence-corrected chi connectivity index (χ0v) is 7.05. The van der Waals surface area contributed by atoms with Crippen molar-refractivity contribution in [1.29, 1.82) is 0 Å². The second-order valence-corrected chi connectivity index (χ2v) is 2.90. The zero-order valence-electron chi connectivity index (χ0n) is 5.13. The second-order valence-electron chi connectivity index (χ2n) is 1.82. The lowest BCUT2D eigenvalue weighted by Crippen LogP contribution is -1.85. The third-order valence-corrected chi connectivity index (χ3v) is 1.75. The van der Waals surface area contributed by atoms with Gasteiger partial charge in [0.2, 0.25) is 5.69 Å². The van der Waals surface area contributed by atoms with E-state index in [1.807, 2.05) is 6.07 Å². The molecular weight excluding hydrogens is 165 g/mol. The molecule has 1 aromatic carbocycles. The van der Waals surface area contributed by atoms with Gasteiger partial charge in [-0.25, -0.2) is 4.85 Å². The summed E-state index contributed by atoms with van der Waals surface area (Å²) in [4.78, 5) is 3.22. The van der Waals surface area contributed by atoms with E-state index in [2.05, 4.69) is 14.1 Å². The van der Waals surface area contributed by atoms with Crippen LogP contribution in [0.15, 0.2) is 18.2 Å². The van der Waals surface area contributed by atoms with Crippen LogP contribution in [0.2, 0.25) is 5.02 Å². The van der Waals surface area contributed by atoms with E-state index in [0.29, 0.717) is 10.7 Å². The maximum atomic E-state index is 6.69. The van der Waals surface area contributed by atoms with Crippen LogP contribution in [0, 0.1) is 6.57 Å². The van der Waals surface area contributed by atoms with Crippen molar-refractivity contribution in [2.24, 2.45) is 0 Å². The Labute approximate surface area is 67.0 Å². The van der Waals surface area contributed by atoms with E-state index in [4.69, 9.17) is 18.2 Å². The van der Waals surface area contributed by atoms with Crippen molar-refractivity contribution in [3.05, 3.63) is 34.6 Å². The summed E-state index contributed by atoms with van der Waals surface area (Å²) in [6.45, 7) is 6.69. The first-order chi connectivity index (χ1) is 4.74. The topological polar surface area (TPSA) is 4.36 Å². The SMILES string of the molecule is [C-]#[N+]c1ccc(P)cc1Cl. The van der Waals surface area contributed by atoms with Gasteiger partial charge in [0.25, 0.3) is 0 Å². The summed E-state index contributed by atoms with van der Waals surface area (Å²) in [6, 6.07) is 5.29. The summed E-state index contributed by atoms with van der Waals surface area (Å²) < 4.78 is 0. The molecule has 1 rings (SSSR count). The van der Waals surface area contributed by atoms with Gasteiger partial charge in [0.1, 0.15) is 0 Å². The predicted molar refractivity (Wildman–Crippen MR) is 47.1 cm³/mol. The Kier molecular flexibility index (Phi) is 2.27. The van der Waals surface area contributed by atoms with Gasteiger partial charge in [-0.05, 0) is 11.4 Å². The third-order valence-electron chi connectivity index (χ3n) is 1.09. The second kappa shape index (κ2) is 3.01. The average Bonchev–Trinajstić information content (AvgIpc) is 1.88. The van der Waals surface area contributed by atoms with Crippen molar-refractivity contribution in [3.8, 4) is 0 Å².